The van der Waals surface area contributed by atoms with E-state index in [1.807, 2.05) is 6.92 Å². The Kier molecular flexibility index (Phi) is 5.26. The quantitative estimate of drug-likeness (QED) is 0.659. The van der Waals surface area contributed by atoms with Crippen molar-refractivity contribution in [3.63, 3.8) is 0 Å². The standard InChI is InChI=1S/C12H22O3/c1-9(2)12(10(3)8-13)15-11-6-4-5-7-14-11/h8-12H,4-7H2,1-3H3/t10-,11-,12-/m0/s1. The molecule has 0 radical (unpaired) electrons. The molecule has 0 aromatic rings. The van der Waals surface area contributed by atoms with E-state index in [0.29, 0.717) is 5.92 Å². The summed E-state index contributed by atoms with van der Waals surface area (Å²) in [6.45, 7) is 6.84. The maximum Gasteiger partial charge on any atom is 0.157 e. The zero-order chi connectivity index (χ0) is 11.3. The molecular weight excluding hydrogens is 192 g/mol. The van der Waals surface area contributed by atoms with Gasteiger partial charge in [-0.05, 0) is 25.2 Å². The summed E-state index contributed by atoms with van der Waals surface area (Å²) in [6.07, 6.45) is 4.07. The fourth-order valence-electron chi connectivity index (χ4n) is 1.96. The highest BCUT2D eigenvalue weighted by molar-refractivity contribution is 5.53. The summed E-state index contributed by atoms with van der Waals surface area (Å²) in [4.78, 5) is 10.8. The van der Waals surface area contributed by atoms with Crippen LogP contribution in [-0.4, -0.2) is 25.3 Å². The van der Waals surface area contributed by atoms with Gasteiger partial charge in [0.2, 0.25) is 0 Å². The molecule has 1 rings (SSSR count). The Labute approximate surface area is 92.1 Å². The Bertz CT molecular complexity index is 185. The lowest BCUT2D eigenvalue weighted by molar-refractivity contribution is -0.204. The van der Waals surface area contributed by atoms with Crippen LogP contribution in [0.3, 0.4) is 0 Å². The SMILES string of the molecule is CC(C)[C@H](O[C@H]1CCCCO1)[C@@H](C)C=O. The van der Waals surface area contributed by atoms with Crippen molar-refractivity contribution in [3.8, 4) is 0 Å². The molecule has 15 heavy (non-hydrogen) atoms. The normalized spacial score (nSPS) is 26.3. The van der Waals surface area contributed by atoms with Crippen molar-refractivity contribution in [3.05, 3.63) is 0 Å². The van der Waals surface area contributed by atoms with Gasteiger partial charge < -0.3 is 14.3 Å². The van der Waals surface area contributed by atoms with Crippen LogP contribution in [0.1, 0.15) is 40.0 Å². The number of aldehydes is 1. The molecule has 0 spiro atoms. The molecule has 1 aliphatic rings. The molecule has 88 valence electrons. The zero-order valence-corrected chi connectivity index (χ0v) is 9.94. The van der Waals surface area contributed by atoms with E-state index >= 15 is 0 Å². The molecule has 1 fully saturated rings. The molecule has 0 aliphatic carbocycles. The Hall–Kier alpha value is -0.410. The van der Waals surface area contributed by atoms with Crippen molar-refractivity contribution < 1.29 is 14.3 Å². The average molecular weight is 214 g/mol. The lowest BCUT2D eigenvalue weighted by Crippen LogP contribution is -2.35. The third-order valence-corrected chi connectivity index (χ3v) is 2.84. The smallest absolute Gasteiger partial charge is 0.157 e. The van der Waals surface area contributed by atoms with Crippen LogP contribution in [0.25, 0.3) is 0 Å². The Balaban J connectivity index is 2.45. The second-order valence-electron chi connectivity index (χ2n) is 4.64. The summed E-state index contributed by atoms with van der Waals surface area (Å²) < 4.78 is 11.4. The largest absolute Gasteiger partial charge is 0.353 e. The third kappa shape index (κ3) is 3.92. The van der Waals surface area contributed by atoms with Gasteiger partial charge in [0.25, 0.3) is 0 Å². The molecule has 0 amide bonds. The van der Waals surface area contributed by atoms with E-state index < -0.39 is 0 Å². The Morgan fingerprint density at radius 2 is 2.07 bits per heavy atom. The van der Waals surface area contributed by atoms with E-state index in [-0.39, 0.29) is 18.3 Å². The molecule has 1 heterocycles. The number of rotatable bonds is 5. The first-order valence-electron chi connectivity index (χ1n) is 5.87. The zero-order valence-electron chi connectivity index (χ0n) is 9.94. The van der Waals surface area contributed by atoms with Gasteiger partial charge in [0.1, 0.15) is 6.29 Å². The van der Waals surface area contributed by atoms with Crippen LogP contribution < -0.4 is 0 Å². The van der Waals surface area contributed by atoms with E-state index in [9.17, 15) is 4.79 Å². The van der Waals surface area contributed by atoms with Crippen LogP contribution in [0.15, 0.2) is 0 Å². The van der Waals surface area contributed by atoms with Crippen molar-refractivity contribution >= 4 is 6.29 Å². The maximum absolute atomic E-state index is 10.8. The van der Waals surface area contributed by atoms with Gasteiger partial charge >= 0.3 is 0 Å². The summed E-state index contributed by atoms with van der Waals surface area (Å²) in [7, 11) is 0. The van der Waals surface area contributed by atoms with Crippen LogP contribution in [0.5, 0.6) is 0 Å². The van der Waals surface area contributed by atoms with E-state index in [1.54, 1.807) is 0 Å². The van der Waals surface area contributed by atoms with Crippen LogP contribution in [0.4, 0.5) is 0 Å². The minimum atomic E-state index is -0.103. The number of hydrogen-bond donors (Lipinski definition) is 0. The molecule has 0 aromatic carbocycles. The van der Waals surface area contributed by atoms with Gasteiger partial charge in [-0.3, -0.25) is 0 Å². The highest BCUT2D eigenvalue weighted by Crippen LogP contribution is 2.22. The van der Waals surface area contributed by atoms with E-state index in [0.717, 1.165) is 32.2 Å². The molecule has 1 saturated heterocycles. The van der Waals surface area contributed by atoms with E-state index in [4.69, 9.17) is 9.47 Å². The van der Waals surface area contributed by atoms with Gasteiger partial charge in [0, 0.05) is 12.5 Å². The lowest BCUT2D eigenvalue weighted by Gasteiger charge is -2.31. The summed E-state index contributed by atoms with van der Waals surface area (Å²) in [6, 6.07) is 0. The highest BCUT2D eigenvalue weighted by atomic mass is 16.7. The highest BCUT2D eigenvalue weighted by Gasteiger charge is 2.26. The monoisotopic (exact) mass is 214 g/mol. The number of hydrogen-bond acceptors (Lipinski definition) is 3. The van der Waals surface area contributed by atoms with E-state index in [2.05, 4.69) is 13.8 Å². The second-order valence-corrected chi connectivity index (χ2v) is 4.64. The van der Waals surface area contributed by atoms with E-state index in [1.165, 1.54) is 0 Å². The Morgan fingerprint density at radius 3 is 2.53 bits per heavy atom. The van der Waals surface area contributed by atoms with Gasteiger partial charge in [-0.15, -0.1) is 0 Å². The van der Waals surface area contributed by atoms with Crippen molar-refractivity contribution in [1.82, 2.24) is 0 Å². The van der Waals surface area contributed by atoms with Gasteiger partial charge in [0.05, 0.1) is 6.10 Å². The summed E-state index contributed by atoms with van der Waals surface area (Å²) in [5.74, 6) is 0.284. The van der Waals surface area contributed by atoms with Gasteiger partial charge in [-0.2, -0.15) is 0 Å². The molecule has 0 aromatic heterocycles. The van der Waals surface area contributed by atoms with Gasteiger partial charge in [-0.1, -0.05) is 20.8 Å². The molecule has 0 N–H and O–H groups in total. The summed E-state index contributed by atoms with van der Waals surface area (Å²) >= 11 is 0. The number of carbonyl (C=O) groups is 1. The topological polar surface area (TPSA) is 35.5 Å². The van der Waals surface area contributed by atoms with Crippen molar-refractivity contribution in [2.75, 3.05) is 6.61 Å². The van der Waals surface area contributed by atoms with Crippen molar-refractivity contribution in [1.29, 1.82) is 0 Å². The van der Waals surface area contributed by atoms with Crippen molar-refractivity contribution in [2.24, 2.45) is 11.8 Å². The molecule has 0 bridgehead atoms. The van der Waals surface area contributed by atoms with Crippen LogP contribution in [-0.2, 0) is 14.3 Å². The van der Waals surface area contributed by atoms with Crippen LogP contribution in [0, 0.1) is 11.8 Å². The third-order valence-electron chi connectivity index (χ3n) is 2.84. The molecule has 3 atom stereocenters. The first-order chi connectivity index (χ1) is 7.15. The molecular formula is C12H22O3. The molecule has 0 unspecified atom stereocenters. The fourth-order valence-corrected chi connectivity index (χ4v) is 1.96. The first-order valence-corrected chi connectivity index (χ1v) is 5.87. The minimum absolute atomic E-state index is 0.0226. The maximum atomic E-state index is 10.8. The predicted octanol–water partition coefficient (Wildman–Crippen LogP) is 2.39. The number of ether oxygens (including phenoxy) is 2. The average Bonchev–Trinajstić information content (AvgIpc) is 2.26. The first kappa shape index (κ1) is 12.7. The second kappa shape index (κ2) is 6.23. The molecule has 0 saturated carbocycles. The summed E-state index contributed by atoms with van der Waals surface area (Å²) in [5.41, 5.74) is 0. The van der Waals surface area contributed by atoms with Gasteiger partial charge in [-0.25, -0.2) is 0 Å². The number of carbonyl (C=O) groups excluding carboxylic acids is 1. The molecule has 3 nitrogen and oxygen atoms in total. The lowest BCUT2D eigenvalue weighted by atomic mass is 9.96. The molecule has 3 heteroatoms. The predicted molar refractivity (Wildman–Crippen MR) is 58.5 cm³/mol. The summed E-state index contributed by atoms with van der Waals surface area (Å²) in [5, 5.41) is 0. The van der Waals surface area contributed by atoms with Crippen molar-refractivity contribution in [2.45, 2.75) is 52.4 Å². The Morgan fingerprint density at radius 1 is 1.33 bits per heavy atom. The van der Waals surface area contributed by atoms with Crippen LogP contribution >= 0.6 is 0 Å². The molecule has 1 aliphatic heterocycles. The fraction of sp³-hybridized carbons (Fsp3) is 0.917. The van der Waals surface area contributed by atoms with Gasteiger partial charge in [0.15, 0.2) is 6.29 Å². The minimum Gasteiger partial charge on any atom is -0.353 e. The van der Waals surface area contributed by atoms with Crippen LogP contribution in [0.2, 0.25) is 0 Å².